The summed E-state index contributed by atoms with van der Waals surface area (Å²) in [6, 6.07) is 6.61. The molecule has 1 N–H and O–H groups in total. The second-order valence-corrected chi connectivity index (χ2v) is 7.30. The first-order valence-corrected chi connectivity index (χ1v) is 8.49. The summed E-state index contributed by atoms with van der Waals surface area (Å²) < 4.78 is 13.8. The van der Waals surface area contributed by atoms with E-state index in [1.807, 2.05) is 0 Å². The molecule has 0 radical (unpaired) electrons. The maximum Gasteiger partial charge on any atom is 0.307 e. The number of carboxylic acid groups (broad SMARTS) is 1. The van der Waals surface area contributed by atoms with Crippen LogP contribution >= 0.6 is 11.3 Å². The zero-order valence-corrected chi connectivity index (χ0v) is 13.7. The summed E-state index contributed by atoms with van der Waals surface area (Å²) >= 11 is 1.46. The van der Waals surface area contributed by atoms with Crippen LogP contribution in [0.15, 0.2) is 30.5 Å². The average molecular weight is 334 g/mol. The Morgan fingerprint density at radius 1 is 1.43 bits per heavy atom. The maximum absolute atomic E-state index is 13.8. The first-order chi connectivity index (χ1) is 11.0. The van der Waals surface area contributed by atoms with Crippen LogP contribution in [0.4, 0.5) is 4.39 Å². The summed E-state index contributed by atoms with van der Waals surface area (Å²) in [5, 5.41) is 9.91. The standard InChI is InChI=1S/C17H19FN2O2S/c1-11-6-12(17(21)22)9-20(8-11)10-13-7-19-16(23-13)14-4-2-3-5-15(14)18/h2-5,7,11-12H,6,8-10H2,1H3,(H,21,22). The number of piperidine rings is 1. The molecule has 2 atom stereocenters. The van der Waals surface area contributed by atoms with E-state index in [1.54, 1.807) is 24.4 Å². The molecule has 1 aromatic carbocycles. The van der Waals surface area contributed by atoms with Crippen molar-refractivity contribution in [3.63, 3.8) is 0 Å². The Balaban J connectivity index is 1.72. The predicted molar refractivity (Wildman–Crippen MR) is 87.7 cm³/mol. The summed E-state index contributed by atoms with van der Waals surface area (Å²) in [6.45, 7) is 4.20. The van der Waals surface area contributed by atoms with Gasteiger partial charge in [-0.15, -0.1) is 11.3 Å². The largest absolute Gasteiger partial charge is 0.481 e. The number of carboxylic acids is 1. The highest BCUT2D eigenvalue weighted by Gasteiger charge is 2.29. The number of likely N-dealkylation sites (tertiary alicyclic amines) is 1. The van der Waals surface area contributed by atoms with Crippen LogP contribution in [0.2, 0.25) is 0 Å². The second-order valence-electron chi connectivity index (χ2n) is 6.18. The van der Waals surface area contributed by atoms with Gasteiger partial charge in [-0.25, -0.2) is 9.37 Å². The molecular weight excluding hydrogens is 315 g/mol. The Kier molecular flexibility index (Phi) is 4.73. The van der Waals surface area contributed by atoms with Crippen LogP contribution in [0.5, 0.6) is 0 Å². The molecule has 3 rings (SSSR count). The Morgan fingerprint density at radius 3 is 2.96 bits per heavy atom. The third-order valence-electron chi connectivity index (χ3n) is 4.12. The molecule has 0 amide bonds. The van der Waals surface area contributed by atoms with Crippen molar-refractivity contribution in [3.05, 3.63) is 41.2 Å². The lowest BCUT2D eigenvalue weighted by atomic mass is 9.90. The van der Waals surface area contributed by atoms with Gasteiger partial charge in [-0.1, -0.05) is 19.1 Å². The minimum Gasteiger partial charge on any atom is -0.481 e. The lowest BCUT2D eigenvalue weighted by Gasteiger charge is -2.34. The van der Waals surface area contributed by atoms with Crippen molar-refractivity contribution in [2.24, 2.45) is 11.8 Å². The van der Waals surface area contributed by atoms with Gasteiger partial charge >= 0.3 is 5.97 Å². The Morgan fingerprint density at radius 2 is 2.22 bits per heavy atom. The van der Waals surface area contributed by atoms with Crippen LogP contribution < -0.4 is 0 Å². The normalized spacial score (nSPS) is 22.2. The molecule has 2 unspecified atom stereocenters. The van der Waals surface area contributed by atoms with Crippen molar-refractivity contribution in [3.8, 4) is 10.6 Å². The molecule has 1 aliphatic rings. The number of rotatable bonds is 4. The number of aromatic nitrogens is 1. The molecule has 4 nitrogen and oxygen atoms in total. The Hall–Kier alpha value is -1.79. The molecule has 1 saturated heterocycles. The highest BCUT2D eigenvalue weighted by Crippen LogP contribution is 2.29. The van der Waals surface area contributed by atoms with Crippen LogP contribution in [0.25, 0.3) is 10.6 Å². The van der Waals surface area contributed by atoms with Crippen molar-refractivity contribution in [2.45, 2.75) is 19.9 Å². The maximum atomic E-state index is 13.8. The number of carbonyl (C=O) groups is 1. The predicted octanol–water partition coefficient (Wildman–Crippen LogP) is 3.49. The van der Waals surface area contributed by atoms with Gasteiger partial charge in [-0.3, -0.25) is 9.69 Å². The van der Waals surface area contributed by atoms with Crippen LogP contribution in [0.1, 0.15) is 18.2 Å². The van der Waals surface area contributed by atoms with Gasteiger partial charge in [0.25, 0.3) is 0 Å². The number of thiazole rings is 1. The molecule has 0 saturated carbocycles. The van der Waals surface area contributed by atoms with Gasteiger partial charge in [-0.05, 0) is 24.5 Å². The summed E-state index contributed by atoms with van der Waals surface area (Å²) in [6.07, 6.45) is 2.50. The van der Waals surface area contributed by atoms with E-state index in [9.17, 15) is 14.3 Å². The van der Waals surface area contributed by atoms with Gasteiger partial charge in [0.1, 0.15) is 10.8 Å². The molecule has 6 heteroatoms. The third kappa shape index (κ3) is 3.76. The smallest absolute Gasteiger partial charge is 0.307 e. The van der Waals surface area contributed by atoms with Crippen LogP contribution in [0.3, 0.4) is 0 Å². The summed E-state index contributed by atoms with van der Waals surface area (Å²) in [5.74, 6) is -0.939. The fraction of sp³-hybridized carbons (Fsp3) is 0.412. The van der Waals surface area contributed by atoms with Gasteiger partial charge in [0.2, 0.25) is 0 Å². The summed E-state index contributed by atoms with van der Waals surface area (Å²) in [7, 11) is 0. The van der Waals surface area contributed by atoms with E-state index in [1.165, 1.54) is 17.4 Å². The minimum absolute atomic E-state index is 0.272. The van der Waals surface area contributed by atoms with E-state index in [2.05, 4.69) is 16.8 Å². The molecule has 0 spiro atoms. The van der Waals surface area contributed by atoms with E-state index >= 15 is 0 Å². The van der Waals surface area contributed by atoms with Crippen LogP contribution in [-0.4, -0.2) is 34.0 Å². The van der Waals surface area contributed by atoms with E-state index in [4.69, 9.17) is 0 Å². The number of hydrogen-bond donors (Lipinski definition) is 1. The number of hydrogen-bond acceptors (Lipinski definition) is 4. The summed E-state index contributed by atoms with van der Waals surface area (Å²) in [5.41, 5.74) is 0.513. The Bertz CT molecular complexity index is 703. The molecule has 0 bridgehead atoms. The number of benzene rings is 1. The highest BCUT2D eigenvalue weighted by molar-refractivity contribution is 7.15. The number of aliphatic carboxylic acids is 1. The monoisotopic (exact) mass is 334 g/mol. The second kappa shape index (κ2) is 6.76. The van der Waals surface area contributed by atoms with Crippen molar-refractivity contribution >= 4 is 17.3 Å². The van der Waals surface area contributed by atoms with Crippen molar-refractivity contribution in [2.75, 3.05) is 13.1 Å². The quantitative estimate of drug-likeness (QED) is 0.930. The zero-order chi connectivity index (χ0) is 16.4. The number of nitrogens with zero attached hydrogens (tertiary/aromatic N) is 2. The molecule has 1 aromatic heterocycles. The van der Waals surface area contributed by atoms with Gasteiger partial charge in [0, 0.05) is 36.3 Å². The first-order valence-electron chi connectivity index (χ1n) is 7.67. The topological polar surface area (TPSA) is 53.4 Å². The van der Waals surface area contributed by atoms with E-state index in [0.29, 0.717) is 29.6 Å². The van der Waals surface area contributed by atoms with Crippen molar-refractivity contribution < 1.29 is 14.3 Å². The molecule has 122 valence electrons. The van der Waals surface area contributed by atoms with Gasteiger partial charge < -0.3 is 5.11 Å². The zero-order valence-electron chi connectivity index (χ0n) is 12.9. The molecular formula is C17H19FN2O2S. The third-order valence-corrected chi connectivity index (χ3v) is 5.14. The lowest BCUT2D eigenvalue weighted by Crippen LogP contribution is -2.41. The molecule has 23 heavy (non-hydrogen) atoms. The molecule has 1 aliphatic heterocycles. The average Bonchev–Trinajstić information content (AvgIpc) is 2.95. The summed E-state index contributed by atoms with van der Waals surface area (Å²) in [4.78, 5) is 18.8. The SMILES string of the molecule is CC1CC(C(=O)O)CN(Cc2cnc(-c3ccccc3F)s2)C1. The van der Waals surface area contributed by atoms with Gasteiger partial charge in [-0.2, -0.15) is 0 Å². The Labute approximate surface area is 138 Å². The van der Waals surface area contributed by atoms with E-state index < -0.39 is 5.97 Å². The lowest BCUT2D eigenvalue weighted by molar-refractivity contribution is -0.144. The minimum atomic E-state index is -0.724. The molecule has 2 aromatic rings. The highest BCUT2D eigenvalue weighted by atomic mass is 32.1. The van der Waals surface area contributed by atoms with Crippen LogP contribution in [0, 0.1) is 17.7 Å². The fourth-order valence-electron chi connectivity index (χ4n) is 3.13. The van der Waals surface area contributed by atoms with Crippen molar-refractivity contribution in [1.82, 2.24) is 9.88 Å². The van der Waals surface area contributed by atoms with E-state index in [-0.39, 0.29) is 11.7 Å². The molecule has 1 fully saturated rings. The van der Waals surface area contributed by atoms with Crippen molar-refractivity contribution in [1.29, 1.82) is 0 Å². The fourth-order valence-corrected chi connectivity index (χ4v) is 4.11. The van der Waals surface area contributed by atoms with Gasteiger partial charge in [0.15, 0.2) is 0 Å². The number of halogens is 1. The van der Waals surface area contributed by atoms with E-state index in [0.717, 1.165) is 17.8 Å². The first kappa shape index (κ1) is 16.1. The molecule has 0 aliphatic carbocycles. The molecule has 2 heterocycles. The van der Waals surface area contributed by atoms with Gasteiger partial charge in [0.05, 0.1) is 5.92 Å². The van der Waals surface area contributed by atoms with Crippen LogP contribution in [-0.2, 0) is 11.3 Å².